The zero-order chi connectivity index (χ0) is 14.6. The normalized spacial score (nSPS) is 21.9. The predicted octanol–water partition coefficient (Wildman–Crippen LogP) is 2.33. The molecule has 0 bridgehead atoms. The van der Waals surface area contributed by atoms with E-state index in [-0.39, 0.29) is 11.8 Å². The average molecular weight is 268 g/mol. The smallest absolute Gasteiger partial charge is 0.245 e. The third kappa shape index (κ3) is 4.22. The first-order chi connectivity index (χ1) is 8.77. The molecule has 1 rings (SSSR count). The number of hydrogen-bond donors (Lipinski definition) is 1. The van der Waals surface area contributed by atoms with E-state index in [9.17, 15) is 9.59 Å². The van der Waals surface area contributed by atoms with Crippen LogP contribution in [0.4, 0.5) is 0 Å². The first kappa shape index (κ1) is 16.0. The summed E-state index contributed by atoms with van der Waals surface area (Å²) in [7, 11) is 0. The minimum atomic E-state index is -0.458. The van der Waals surface area contributed by atoms with Crippen LogP contribution in [0, 0.1) is 5.41 Å². The largest absolute Gasteiger partial charge is 0.344 e. The number of hydrogen-bond acceptors (Lipinski definition) is 2. The molecule has 4 heteroatoms. The van der Waals surface area contributed by atoms with Crippen LogP contribution >= 0.6 is 0 Å². The van der Waals surface area contributed by atoms with Gasteiger partial charge in [0.15, 0.2) is 0 Å². The van der Waals surface area contributed by atoms with Crippen molar-refractivity contribution in [2.45, 2.75) is 72.4 Å². The number of likely N-dealkylation sites (tertiary alicyclic amines) is 1. The van der Waals surface area contributed by atoms with Crippen LogP contribution in [0.3, 0.4) is 0 Å². The maximum atomic E-state index is 12.4. The van der Waals surface area contributed by atoms with E-state index >= 15 is 0 Å². The molecular formula is C15H28N2O2. The van der Waals surface area contributed by atoms with Crippen molar-refractivity contribution in [1.29, 1.82) is 0 Å². The molecule has 2 amide bonds. The zero-order valence-electron chi connectivity index (χ0n) is 13.0. The Balaban J connectivity index is 2.63. The van der Waals surface area contributed by atoms with Gasteiger partial charge in [-0.1, -0.05) is 27.7 Å². The minimum Gasteiger partial charge on any atom is -0.344 e. The quantitative estimate of drug-likeness (QED) is 0.854. The molecule has 110 valence electrons. The highest BCUT2D eigenvalue weighted by atomic mass is 16.2. The summed E-state index contributed by atoms with van der Waals surface area (Å²) in [5.74, 6) is -0.0115. The lowest BCUT2D eigenvalue weighted by atomic mass is 9.95. The lowest BCUT2D eigenvalue weighted by Crippen LogP contribution is -2.53. The standard InChI is InChI=1S/C15H28N2O2/c1-6-12-9-7-8-10-17(12)13(18)11(2)16-14(19)15(3,4)5/h11-12H,6-10H2,1-5H3,(H,16,19). The number of nitrogens with one attached hydrogen (secondary N) is 1. The van der Waals surface area contributed by atoms with Gasteiger partial charge in [-0.15, -0.1) is 0 Å². The monoisotopic (exact) mass is 268 g/mol. The third-order valence-corrected chi connectivity index (χ3v) is 3.78. The second-order valence-corrected chi connectivity index (χ2v) is 6.53. The molecule has 1 aliphatic heterocycles. The summed E-state index contributed by atoms with van der Waals surface area (Å²) in [5, 5.41) is 2.83. The van der Waals surface area contributed by atoms with E-state index in [1.54, 1.807) is 6.92 Å². The molecule has 1 saturated heterocycles. The lowest BCUT2D eigenvalue weighted by molar-refractivity contribution is -0.140. The van der Waals surface area contributed by atoms with E-state index in [0.29, 0.717) is 6.04 Å². The van der Waals surface area contributed by atoms with Crippen molar-refractivity contribution in [2.75, 3.05) is 6.54 Å². The van der Waals surface area contributed by atoms with Crippen molar-refractivity contribution in [3.05, 3.63) is 0 Å². The molecule has 1 fully saturated rings. The van der Waals surface area contributed by atoms with Crippen molar-refractivity contribution < 1.29 is 9.59 Å². The molecule has 1 heterocycles. The fourth-order valence-electron chi connectivity index (χ4n) is 2.44. The number of rotatable bonds is 3. The van der Waals surface area contributed by atoms with Crippen molar-refractivity contribution in [3.8, 4) is 0 Å². The van der Waals surface area contributed by atoms with Crippen molar-refractivity contribution in [3.63, 3.8) is 0 Å². The number of piperidine rings is 1. The molecule has 0 aliphatic carbocycles. The van der Waals surface area contributed by atoms with Crippen LogP contribution in [0.1, 0.15) is 60.3 Å². The Morgan fingerprint density at radius 1 is 1.32 bits per heavy atom. The average Bonchev–Trinajstić information content (AvgIpc) is 2.36. The van der Waals surface area contributed by atoms with Crippen LogP contribution in [0.2, 0.25) is 0 Å². The Hall–Kier alpha value is -1.06. The van der Waals surface area contributed by atoms with E-state index in [1.807, 2.05) is 25.7 Å². The van der Waals surface area contributed by atoms with Gasteiger partial charge in [-0.3, -0.25) is 9.59 Å². The molecule has 1 aliphatic rings. The summed E-state index contributed by atoms with van der Waals surface area (Å²) in [4.78, 5) is 26.3. The molecule has 0 radical (unpaired) electrons. The maximum Gasteiger partial charge on any atom is 0.245 e. The van der Waals surface area contributed by atoms with Crippen molar-refractivity contribution in [2.24, 2.45) is 5.41 Å². The van der Waals surface area contributed by atoms with Crippen LogP contribution in [-0.2, 0) is 9.59 Å². The van der Waals surface area contributed by atoms with E-state index in [2.05, 4.69) is 12.2 Å². The first-order valence-corrected chi connectivity index (χ1v) is 7.38. The van der Waals surface area contributed by atoms with Gasteiger partial charge in [0.1, 0.15) is 6.04 Å². The number of carbonyl (C=O) groups excluding carboxylic acids is 2. The van der Waals surface area contributed by atoms with Crippen LogP contribution in [0.5, 0.6) is 0 Å². The Morgan fingerprint density at radius 3 is 2.47 bits per heavy atom. The van der Waals surface area contributed by atoms with Gasteiger partial charge in [0, 0.05) is 18.0 Å². The highest BCUT2D eigenvalue weighted by molar-refractivity contribution is 5.89. The highest BCUT2D eigenvalue weighted by Crippen LogP contribution is 2.20. The molecule has 0 aromatic rings. The molecule has 0 aromatic carbocycles. The summed E-state index contributed by atoms with van der Waals surface area (Å²) >= 11 is 0. The fraction of sp³-hybridized carbons (Fsp3) is 0.867. The SMILES string of the molecule is CCC1CCCCN1C(=O)C(C)NC(=O)C(C)(C)C. The molecule has 4 nitrogen and oxygen atoms in total. The molecule has 19 heavy (non-hydrogen) atoms. The Bertz CT molecular complexity index is 334. The molecule has 0 spiro atoms. The van der Waals surface area contributed by atoms with E-state index in [4.69, 9.17) is 0 Å². The first-order valence-electron chi connectivity index (χ1n) is 7.38. The van der Waals surface area contributed by atoms with E-state index in [1.165, 1.54) is 6.42 Å². The van der Waals surface area contributed by atoms with Crippen LogP contribution < -0.4 is 5.32 Å². The second kappa shape index (κ2) is 6.40. The van der Waals surface area contributed by atoms with Gasteiger partial charge in [0.05, 0.1) is 0 Å². The summed E-state index contributed by atoms with van der Waals surface area (Å²) in [6, 6.07) is -0.0888. The summed E-state index contributed by atoms with van der Waals surface area (Å²) in [5.41, 5.74) is -0.458. The van der Waals surface area contributed by atoms with E-state index in [0.717, 1.165) is 25.8 Å². The van der Waals surface area contributed by atoms with Gasteiger partial charge in [-0.25, -0.2) is 0 Å². The van der Waals surface area contributed by atoms with Crippen molar-refractivity contribution in [1.82, 2.24) is 10.2 Å². The number of nitrogens with zero attached hydrogens (tertiary/aromatic N) is 1. The summed E-state index contributed by atoms with van der Waals surface area (Å²) < 4.78 is 0. The summed E-state index contributed by atoms with van der Waals surface area (Å²) in [6.45, 7) is 10.3. The predicted molar refractivity (Wildman–Crippen MR) is 76.7 cm³/mol. The van der Waals surface area contributed by atoms with Gasteiger partial charge >= 0.3 is 0 Å². The molecule has 1 N–H and O–H groups in total. The minimum absolute atomic E-state index is 0.0594. The fourth-order valence-corrected chi connectivity index (χ4v) is 2.44. The van der Waals surface area contributed by atoms with Gasteiger partial charge in [0.2, 0.25) is 11.8 Å². The highest BCUT2D eigenvalue weighted by Gasteiger charge is 2.31. The third-order valence-electron chi connectivity index (χ3n) is 3.78. The maximum absolute atomic E-state index is 12.4. The number of amides is 2. The second-order valence-electron chi connectivity index (χ2n) is 6.53. The zero-order valence-corrected chi connectivity index (χ0v) is 13.0. The molecule has 0 aromatic heterocycles. The Labute approximate surface area is 116 Å². The van der Waals surface area contributed by atoms with Gasteiger partial charge < -0.3 is 10.2 Å². The van der Waals surface area contributed by atoms with Gasteiger partial charge in [0.25, 0.3) is 0 Å². The van der Waals surface area contributed by atoms with Crippen molar-refractivity contribution >= 4 is 11.8 Å². The van der Waals surface area contributed by atoms with Crippen LogP contribution in [-0.4, -0.2) is 35.3 Å². The van der Waals surface area contributed by atoms with Gasteiger partial charge in [-0.2, -0.15) is 0 Å². The van der Waals surface area contributed by atoms with Crippen LogP contribution in [0.25, 0.3) is 0 Å². The lowest BCUT2D eigenvalue weighted by Gasteiger charge is -2.37. The molecule has 0 saturated carbocycles. The summed E-state index contributed by atoms with van der Waals surface area (Å²) in [6.07, 6.45) is 4.35. The number of carbonyl (C=O) groups is 2. The molecule has 2 unspecified atom stereocenters. The van der Waals surface area contributed by atoms with Gasteiger partial charge in [-0.05, 0) is 32.6 Å². The molecule has 2 atom stereocenters. The topological polar surface area (TPSA) is 49.4 Å². The molecular weight excluding hydrogens is 240 g/mol. The van der Waals surface area contributed by atoms with Crippen LogP contribution in [0.15, 0.2) is 0 Å². The van der Waals surface area contributed by atoms with E-state index < -0.39 is 11.5 Å². The Morgan fingerprint density at radius 2 is 1.95 bits per heavy atom. The Kier molecular flexibility index (Phi) is 5.39.